The van der Waals surface area contributed by atoms with Gasteiger partial charge in [0, 0.05) is 18.8 Å². The van der Waals surface area contributed by atoms with E-state index in [1.54, 1.807) is 18.1 Å². The van der Waals surface area contributed by atoms with E-state index in [1.807, 2.05) is 24.0 Å². The highest BCUT2D eigenvalue weighted by Crippen LogP contribution is 2.16. The zero-order chi connectivity index (χ0) is 16.8. The first-order valence-electron chi connectivity index (χ1n) is 8.16. The third kappa shape index (κ3) is 5.32. The minimum absolute atomic E-state index is 0.0983. The van der Waals surface area contributed by atoms with Gasteiger partial charge in [-0.1, -0.05) is 0 Å². The van der Waals surface area contributed by atoms with Crippen LogP contribution in [-0.2, 0) is 9.59 Å². The molecular weight excluding hydrogens is 292 g/mol. The summed E-state index contributed by atoms with van der Waals surface area (Å²) in [5.41, 5.74) is 1.04. The van der Waals surface area contributed by atoms with Crippen LogP contribution >= 0.6 is 0 Å². The molecule has 0 bridgehead atoms. The second-order valence-corrected chi connectivity index (χ2v) is 6.37. The molecule has 6 heteroatoms. The molecule has 1 aromatic rings. The average Bonchev–Trinajstić information content (AvgIpc) is 2.47. The molecule has 1 saturated heterocycles. The van der Waals surface area contributed by atoms with Gasteiger partial charge in [0.2, 0.25) is 11.8 Å². The van der Waals surface area contributed by atoms with Crippen molar-refractivity contribution >= 4 is 17.6 Å². The van der Waals surface area contributed by atoms with Crippen LogP contribution in [0.15, 0.2) is 18.3 Å². The van der Waals surface area contributed by atoms with Crippen molar-refractivity contribution in [1.29, 1.82) is 0 Å². The molecule has 1 atom stereocenters. The van der Waals surface area contributed by atoms with Crippen molar-refractivity contribution in [2.24, 2.45) is 0 Å². The summed E-state index contributed by atoms with van der Waals surface area (Å²) in [6, 6.07) is 3.99. The number of rotatable bonds is 5. The number of hydrogen-bond donors (Lipinski definition) is 1. The largest absolute Gasteiger partial charge is 0.339 e. The number of pyridine rings is 1. The smallest absolute Gasteiger partial charge is 0.239 e. The summed E-state index contributed by atoms with van der Waals surface area (Å²) in [5, 5.41) is 2.76. The molecule has 0 unspecified atom stereocenters. The van der Waals surface area contributed by atoms with Gasteiger partial charge in [0.05, 0.1) is 13.1 Å². The number of likely N-dealkylation sites (tertiary alicyclic amines) is 1. The lowest BCUT2D eigenvalue weighted by Gasteiger charge is -2.34. The molecule has 1 aromatic heterocycles. The predicted octanol–water partition coefficient (Wildman–Crippen LogP) is 1.66. The van der Waals surface area contributed by atoms with E-state index in [0.717, 1.165) is 24.9 Å². The van der Waals surface area contributed by atoms with Crippen molar-refractivity contribution in [1.82, 2.24) is 14.8 Å². The van der Waals surface area contributed by atoms with Crippen LogP contribution in [0.2, 0.25) is 0 Å². The second kappa shape index (κ2) is 8.06. The van der Waals surface area contributed by atoms with Crippen LogP contribution in [0, 0.1) is 6.92 Å². The molecule has 126 valence electrons. The number of aromatic nitrogens is 1. The topological polar surface area (TPSA) is 65.5 Å². The molecule has 1 fully saturated rings. The van der Waals surface area contributed by atoms with Gasteiger partial charge in [-0.05, 0) is 57.9 Å². The number of piperidine rings is 1. The fourth-order valence-corrected chi connectivity index (χ4v) is 2.88. The van der Waals surface area contributed by atoms with Crippen molar-refractivity contribution in [3.05, 3.63) is 23.9 Å². The third-order valence-corrected chi connectivity index (χ3v) is 4.12. The summed E-state index contributed by atoms with van der Waals surface area (Å²) in [6.45, 7) is 5.30. The van der Waals surface area contributed by atoms with Gasteiger partial charge in [-0.2, -0.15) is 0 Å². The number of anilines is 1. The van der Waals surface area contributed by atoms with E-state index in [4.69, 9.17) is 0 Å². The fourth-order valence-electron chi connectivity index (χ4n) is 2.88. The van der Waals surface area contributed by atoms with Gasteiger partial charge < -0.3 is 10.2 Å². The number of nitrogens with one attached hydrogen (secondary N) is 1. The summed E-state index contributed by atoms with van der Waals surface area (Å²) in [5.74, 6) is 0.477. The van der Waals surface area contributed by atoms with Crippen LogP contribution in [0.4, 0.5) is 5.82 Å². The van der Waals surface area contributed by atoms with Crippen LogP contribution < -0.4 is 5.32 Å². The van der Waals surface area contributed by atoms with Crippen molar-refractivity contribution in [3.8, 4) is 0 Å². The first-order chi connectivity index (χ1) is 11.0. The standard InChI is InChI=1S/C17H26N4O2/c1-13-7-8-18-15(10-13)19-16(22)11-20(3)12-17(23)21-9-5-4-6-14(21)2/h7-8,10,14H,4-6,9,11-12H2,1-3H3,(H,18,19,22)/t14-/m1/s1. The van der Waals surface area contributed by atoms with Crippen LogP contribution in [0.1, 0.15) is 31.7 Å². The van der Waals surface area contributed by atoms with Crippen LogP contribution in [0.25, 0.3) is 0 Å². The van der Waals surface area contributed by atoms with Crippen molar-refractivity contribution < 1.29 is 9.59 Å². The van der Waals surface area contributed by atoms with E-state index >= 15 is 0 Å². The van der Waals surface area contributed by atoms with Crippen LogP contribution in [0.5, 0.6) is 0 Å². The Labute approximate surface area is 137 Å². The maximum absolute atomic E-state index is 12.3. The van der Waals surface area contributed by atoms with Gasteiger partial charge in [0.1, 0.15) is 5.82 Å². The molecule has 1 aliphatic rings. The lowest BCUT2D eigenvalue weighted by Crippen LogP contribution is -2.47. The Kier molecular flexibility index (Phi) is 6.10. The molecular formula is C17H26N4O2. The third-order valence-electron chi connectivity index (χ3n) is 4.12. The van der Waals surface area contributed by atoms with E-state index in [9.17, 15) is 9.59 Å². The van der Waals surface area contributed by atoms with Gasteiger partial charge in [0.15, 0.2) is 0 Å². The minimum atomic E-state index is -0.162. The number of hydrogen-bond acceptors (Lipinski definition) is 4. The Bertz CT molecular complexity index is 561. The van der Waals surface area contributed by atoms with E-state index in [2.05, 4.69) is 17.2 Å². The lowest BCUT2D eigenvalue weighted by atomic mass is 10.0. The molecule has 23 heavy (non-hydrogen) atoms. The summed E-state index contributed by atoms with van der Waals surface area (Å²) in [7, 11) is 1.79. The van der Waals surface area contributed by atoms with Crippen molar-refractivity contribution in [2.45, 2.75) is 39.2 Å². The van der Waals surface area contributed by atoms with E-state index in [1.165, 1.54) is 6.42 Å². The molecule has 0 spiro atoms. The summed E-state index contributed by atoms with van der Waals surface area (Å²) >= 11 is 0. The Balaban J connectivity index is 1.80. The Morgan fingerprint density at radius 1 is 1.39 bits per heavy atom. The molecule has 0 saturated carbocycles. The summed E-state index contributed by atoms with van der Waals surface area (Å²) in [6.07, 6.45) is 4.98. The highest BCUT2D eigenvalue weighted by Gasteiger charge is 2.24. The molecule has 2 heterocycles. The number of carbonyl (C=O) groups is 2. The minimum Gasteiger partial charge on any atom is -0.339 e. The summed E-state index contributed by atoms with van der Waals surface area (Å²) < 4.78 is 0. The SMILES string of the molecule is Cc1ccnc(NC(=O)CN(C)CC(=O)N2CCCC[C@H]2C)c1. The number of carbonyl (C=O) groups excluding carboxylic acids is 2. The van der Waals surface area contributed by atoms with Gasteiger partial charge in [-0.25, -0.2) is 4.98 Å². The molecule has 0 aromatic carbocycles. The lowest BCUT2D eigenvalue weighted by molar-refractivity contribution is -0.135. The highest BCUT2D eigenvalue weighted by molar-refractivity contribution is 5.91. The predicted molar refractivity (Wildman–Crippen MR) is 90.1 cm³/mol. The van der Waals surface area contributed by atoms with E-state index in [-0.39, 0.29) is 24.9 Å². The maximum Gasteiger partial charge on any atom is 0.239 e. The number of amides is 2. The van der Waals surface area contributed by atoms with Gasteiger partial charge in [-0.3, -0.25) is 14.5 Å². The molecule has 0 radical (unpaired) electrons. The Hall–Kier alpha value is -1.95. The maximum atomic E-state index is 12.3. The molecule has 0 aliphatic carbocycles. The monoisotopic (exact) mass is 318 g/mol. The zero-order valence-corrected chi connectivity index (χ0v) is 14.2. The first kappa shape index (κ1) is 17.4. The van der Waals surface area contributed by atoms with Crippen molar-refractivity contribution in [2.75, 3.05) is 32.0 Å². The van der Waals surface area contributed by atoms with Gasteiger partial charge in [0.25, 0.3) is 0 Å². The molecule has 1 N–H and O–H groups in total. The average molecular weight is 318 g/mol. The molecule has 2 rings (SSSR count). The zero-order valence-electron chi connectivity index (χ0n) is 14.2. The molecule has 1 aliphatic heterocycles. The summed E-state index contributed by atoms with van der Waals surface area (Å²) in [4.78, 5) is 32.2. The number of likely N-dealkylation sites (N-methyl/N-ethyl adjacent to an activating group) is 1. The normalized spacial score (nSPS) is 18.1. The van der Waals surface area contributed by atoms with Crippen LogP contribution in [-0.4, -0.2) is 59.3 Å². The fraction of sp³-hybridized carbons (Fsp3) is 0.588. The van der Waals surface area contributed by atoms with Gasteiger partial charge >= 0.3 is 0 Å². The van der Waals surface area contributed by atoms with E-state index < -0.39 is 0 Å². The van der Waals surface area contributed by atoms with E-state index in [0.29, 0.717) is 11.9 Å². The number of aryl methyl sites for hydroxylation is 1. The highest BCUT2D eigenvalue weighted by atomic mass is 16.2. The molecule has 2 amide bonds. The van der Waals surface area contributed by atoms with Gasteiger partial charge in [-0.15, -0.1) is 0 Å². The van der Waals surface area contributed by atoms with Crippen molar-refractivity contribution in [3.63, 3.8) is 0 Å². The Morgan fingerprint density at radius 2 is 2.17 bits per heavy atom. The quantitative estimate of drug-likeness (QED) is 0.897. The Morgan fingerprint density at radius 3 is 2.87 bits per heavy atom. The second-order valence-electron chi connectivity index (χ2n) is 6.37. The number of nitrogens with zero attached hydrogens (tertiary/aromatic N) is 3. The van der Waals surface area contributed by atoms with Crippen LogP contribution in [0.3, 0.4) is 0 Å². The first-order valence-corrected chi connectivity index (χ1v) is 8.16. The molecule has 6 nitrogen and oxygen atoms in total.